The molecular weight excluding hydrogens is 107 g/mol. The zero-order valence-corrected chi connectivity index (χ0v) is 3.81. The van der Waals surface area contributed by atoms with Crippen LogP contribution in [0.25, 0.3) is 0 Å². The fraction of sp³-hybridized carbons (Fsp3) is 0.750. The first-order chi connectivity index (χ1) is 2.91. The third-order valence-corrected chi connectivity index (χ3v) is 0.390. The van der Waals surface area contributed by atoms with Crippen molar-refractivity contribution < 1.29 is 9.53 Å². The van der Waals surface area contributed by atoms with E-state index in [1.54, 1.807) is 0 Å². The molecule has 0 saturated carbocycles. The SMILES string of the molecule is CCCOC=O.[AlH3]. The van der Waals surface area contributed by atoms with Gasteiger partial charge in [-0.25, -0.2) is 0 Å². The first kappa shape index (κ1) is 10.1. The third kappa shape index (κ3) is 10.7. The predicted molar refractivity (Wildman–Crippen MR) is 32.2 cm³/mol. The molecule has 0 aromatic heterocycles. The summed E-state index contributed by atoms with van der Waals surface area (Å²) in [6, 6.07) is 0. The molecule has 0 radical (unpaired) electrons. The Balaban J connectivity index is 0. The van der Waals surface area contributed by atoms with E-state index in [4.69, 9.17) is 0 Å². The van der Waals surface area contributed by atoms with E-state index in [1.165, 1.54) is 0 Å². The van der Waals surface area contributed by atoms with Crippen LogP contribution < -0.4 is 0 Å². The van der Waals surface area contributed by atoms with Crippen LogP contribution in [0.4, 0.5) is 0 Å². The minimum atomic E-state index is 0. The molecule has 0 fully saturated rings. The second kappa shape index (κ2) is 9.38. The normalized spacial score (nSPS) is 6.43. The lowest BCUT2D eigenvalue weighted by Crippen LogP contribution is -1.86. The highest BCUT2D eigenvalue weighted by Crippen LogP contribution is 1.71. The molecule has 0 N–H and O–H groups in total. The number of ether oxygens (including phenoxy) is 1. The van der Waals surface area contributed by atoms with E-state index in [0.717, 1.165) is 6.42 Å². The van der Waals surface area contributed by atoms with E-state index in [0.29, 0.717) is 13.1 Å². The summed E-state index contributed by atoms with van der Waals surface area (Å²) in [6.07, 6.45) is 0.902. The lowest BCUT2D eigenvalue weighted by molar-refractivity contribution is -0.128. The Morgan fingerprint density at radius 3 is 2.43 bits per heavy atom. The van der Waals surface area contributed by atoms with Gasteiger partial charge in [-0.15, -0.1) is 0 Å². The molecule has 3 heteroatoms. The second-order valence-electron chi connectivity index (χ2n) is 0.967. The molecule has 42 valence electrons. The quantitative estimate of drug-likeness (QED) is 0.280. The van der Waals surface area contributed by atoms with Gasteiger partial charge in [-0.2, -0.15) is 0 Å². The highest BCUT2D eigenvalue weighted by atomic mass is 27.0. The van der Waals surface area contributed by atoms with Crippen molar-refractivity contribution >= 4 is 23.8 Å². The predicted octanol–water partition coefficient (Wildman–Crippen LogP) is -0.615. The largest absolute Gasteiger partial charge is 0.468 e. The summed E-state index contributed by atoms with van der Waals surface area (Å²) in [5.41, 5.74) is 0. The van der Waals surface area contributed by atoms with Crippen LogP contribution in [-0.4, -0.2) is 30.4 Å². The van der Waals surface area contributed by atoms with Crippen LogP contribution in [0.1, 0.15) is 13.3 Å². The second-order valence-corrected chi connectivity index (χ2v) is 0.967. The van der Waals surface area contributed by atoms with Gasteiger partial charge in [-0.3, -0.25) is 4.79 Å². The van der Waals surface area contributed by atoms with Gasteiger partial charge in [0.15, 0.2) is 17.4 Å². The minimum Gasteiger partial charge on any atom is -0.468 e. The smallest absolute Gasteiger partial charge is 0.293 e. The zero-order valence-electron chi connectivity index (χ0n) is 3.81. The summed E-state index contributed by atoms with van der Waals surface area (Å²) in [5, 5.41) is 0. The number of hydrogen-bond donors (Lipinski definition) is 0. The average molecular weight is 118 g/mol. The number of rotatable bonds is 3. The Morgan fingerprint density at radius 1 is 1.71 bits per heavy atom. The maximum absolute atomic E-state index is 9.34. The molecule has 0 aliphatic heterocycles. The fourth-order valence-electron chi connectivity index (χ4n) is 0.166. The van der Waals surface area contributed by atoms with Gasteiger partial charge in [-0.05, 0) is 6.42 Å². The van der Waals surface area contributed by atoms with Crippen molar-refractivity contribution in [3.63, 3.8) is 0 Å². The first-order valence-electron chi connectivity index (χ1n) is 1.97. The van der Waals surface area contributed by atoms with Gasteiger partial charge < -0.3 is 4.74 Å². The fourth-order valence-corrected chi connectivity index (χ4v) is 0.166. The lowest BCUT2D eigenvalue weighted by Gasteiger charge is -1.86. The van der Waals surface area contributed by atoms with Crippen molar-refractivity contribution in [1.82, 2.24) is 0 Å². The lowest BCUT2D eigenvalue weighted by atomic mass is 10.5. The van der Waals surface area contributed by atoms with Crippen LogP contribution in [0.3, 0.4) is 0 Å². The maximum Gasteiger partial charge on any atom is 0.293 e. The Bertz CT molecular complexity index is 38.7. The van der Waals surface area contributed by atoms with Crippen LogP contribution >= 0.6 is 0 Å². The Hall–Kier alpha value is 0.00247. The van der Waals surface area contributed by atoms with Crippen molar-refractivity contribution in [1.29, 1.82) is 0 Å². The van der Waals surface area contributed by atoms with E-state index >= 15 is 0 Å². The summed E-state index contributed by atoms with van der Waals surface area (Å²) >= 11 is 0. The Kier molecular flexibility index (Phi) is 13.5. The molecule has 0 spiro atoms. The van der Waals surface area contributed by atoms with E-state index in [2.05, 4.69) is 4.74 Å². The van der Waals surface area contributed by atoms with Crippen molar-refractivity contribution in [3.8, 4) is 0 Å². The van der Waals surface area contributed by atoms with Crippen LogP contribution in [0, 0.1) is 0 Å². The summed E-state index contributed by atoms with van der Waals surface area (Å²) in [7, 11) is 0. The first-order valence-corrected chi connectivity index (χ1v) is 1.97. The van der Waals surface area contributed by atoms with E-state index < -0.39 is 0 Å². The van der Waals surface area contributed by atoms with Gasteiger partial charge in [0.05, 0.1) is 6.61 Å². The molecule has 0 unspecified atom stereocenters. The highest BCUT2D eigenvalue weighted by molar-refractivity contribution is 5.75. The van der Waals surface area contributed by atoms with Gasteiger partial charge in [0.25, 0.3) is 6.47 Å². The molecule has 0 heterocycles. The van der Waals surface area contributed by atoms with E-state index in [1.807, 2.05) is 6.92 Å². The van der Waals surface area contributed by atoms with Crippen molar-refractivity contribution in [3.05, 3.63) is 0 Å². The number of carbonyl (C=O) groups is 1. The standard InChI is InChI=1S/C4H8O2.Al.3H/c1-2-3-6-4-5;;;;/h4H,2-3H2,1H3;;;;. The average Bonchev–Trinajstić information content (AvgIpc) is 1.61. The van der Waals surface area contributed by atoms with Crippen LogP contribution in [0.15, 0.2) is 0 Å². The highest BCUT2D eigenvalue weighted by Gasteiger charge is 1.71. The summed E-state index contributed by atoms with van der Waals surface area (Å²) in [5.74, 6) is 0. The molecule has 2 nitrogen and oxygen atoms in total. The minimum absolute atomic E-state index is 0. The van der Waals surface area contributed by atoms with Crippen molar-refractivity contribution in [2.24, 2.45) is 0 Å². The van der Waals surface area contributed by atoms with Gasteiger partial charge in [0.1, 0.15) is 0 Å². The van der Waals surface area contributed by atoms with Crippen LogP contribution in [0.5, 0.6) is 0 Å². The van der Waals surface area contributed by atoms with Gasteiger partial charge in [0.2, 0.25) is 0 Å². The molecule has 0 aromatic carbocycles. The molecule has 0 atom stereocenters. The Morgan fingerprint density at radius 2 is 2.29 bits per heavy atom. The number of carbonyl (C=O) groups excluding carboxylic acids is 1. The van der Waals surface area contributed by atoms with Crippen LogP contribution in [0.2, 0.25) is 0 Å². The number of hydrogen-bond acceptors (Lipinski definition) is 2. The monoisotopic (exact) mass is 118 g/mol. The van der Waals surface area contributed by atoms with Crippen molar-refractivity contribution in [2.75, 3.05) is 6.61 Å². The maximum atomic E-state index is 9.34. The molecule has 7 heavy (non-hydrogen) atoms. The van der Waals surface area contributed by atoms with Gasteiger partial charge in [0, 0.05) is 0 Å². The Labute approximate surface area is 54.0 Å². The van der Waals surface area contributed by atoms with E-state index in [9.17, 15) is 4.79 Å². The molecule has 0 rings (SSSR count). The summed E-state index contributed by atoms with van der Waals surface area (Å²) in [6.45, 7) is 2.95. The van der Waals surface area contributed by atoms with Gasteiger partial charge >= 0.3 is 0 Å². The molecule has 0 aliphatic carbocycles. The van der Waals surface area contributed by atoms with E-state index in [-0.39, 0.29) is 17.4 Å². The zero-order chi connectivity index (χ0) is 4.83. The molecule has 0 bridgehead atoms. The van der Waals surface area contributed by atoms with Crippen LogP contribution in [-0.2, 0) is 9.53 Å². The summed E-state index contributed by atoms with van der Waals surface area (Å²) in [4.78, 5) is 9.34. The summed E-state index contributed by atoms with van der Waals surface area (Å²) < 4.78 is 4.30. The molecule has 0 aromatic rings. The molecule has 0 aliphatic rings. The third-order valence-electron chi connectivity index (χ3n) is 0.390. The molecule has 0 amide bonds. The van der Waals surface area contributed by atoms with Crippen molar-refractivity contribution in [2.45, 2.75) is 13.3 Å². The molecular formula is C4H11AlO2. The van der Waals surface area contributed by atoms with Gasteiger partial charge in [-0.1, -0.05) is 6.92 Å². The topological polar surface area (TPSA) is 26.3 Å². The molecule has 0 saturated heterocycles.